The van der Waals surface area contributed by atoms with Crippen LogP contribution in [0.2, 0.25) is 0 Å². The summed E-state index contributed by atoms with van der Waals surface area (Å²) in [5.41, 5.74) is 4.89. The van der Waals surface area contributed by atoms with E-state index in [0.29, 0.717) is 38.4 Å². The lowest BCUT2D eigenvalue weighted by Crippen LogP contribution is -2.39. The van der Waals surface area contributed by atoms with Crippen molar-refractivity contribution in [2.75, 3.05) is 19.6 Å². The maximum atomic E-state index is 13.8. The Kier molecular flexibility index (Phi) is 9.47. The molecule has 1 aromatic heterocycles. The van der Waals surface area contributed by atoms with Gasteiger partial charge in [-0.25, -0.2) is 9.65 Å². The first-order valence-electron chi connectivity index (χ1n) is 15.0. The molecular weight excluding hydrogens is 521 g/mol. The smallest absolute Gasteiger partial charge is 0.347 e. The quantitative estimate of drug-likeness (QED) is 0.249. The van der Waals surface area contributed by atoms with Crippen LogP contribution >= 0.6 is 7.75 Å². The Balaban J connectivity index is 1.35. The zero-order valence-electron chi connectivity index (χ0n) is 23.7. The fraction of sp³-hybridized carbons (Fsp3) is 0.531. The standard InChI is InChI=1S/C32H44N3O4P/c1-24-8-7-11-27(20-24)29(21-32(36)34-18-15-25(16-19-34)14-17-33-40(37,38)39)30-23-35(22-26-9-3-2-4-10-26)31-13-6-5-12-28(30)31/h5-8,11-13,20,23,25-26,29H,2-4,9-10,14-19,21-22H2,1H3,(H3,33,37,38,39). The van der Waals surface area contributed by atoms with Crippen molar-refractivity contribution in [1.29, 1.82) is 0 Å². The van der Waals surface area contributed by atoms with E-state index in [2.05, 4.69) is 71.3 Å². The molecule has 1 aliphatic heterocycles. The number of rotatable bonds is 10. The van der Waals surface area contributed by atoms with Gasteiger partial charge >= 0.3 is 7.75 Å². The van der Waals surface area contributed by atoms with Crippen LogP contribution in [0.15, 0.2) is 54.7 Å². The van der Waals surface area contributed by atoms with E-state index in [9.17, 15) is 9.36 Å². The van der Waals surface area contributed by atoms with E-state index in [0.717, 1.165) is 25.3 Å². The van der Waals surface area contributed by atoms with Crippen molar-refractivity contribution in [1.82, 2.24) is 14.6 Å². The average molecular weight is 566 g/mol. The lowest BCUT2D eigenvalue weighted by molar-refractivity contribution is -0.132. The minimum atomic E-state index is -4.18. The summed E-state index contributed by atoms with van der Waals surface area (Å²) in [4.78, 5) is 33.8. The first-order valence-corrected chi connectivity index (χ1v) is 16.6. The molecule has 2 heterocycles. The van der Waals surface area contributed by atoms with Gasteiger partial charge in [-0.2, -0.15) is 0 Å². The van der Waals surface area contributed by atoms with Gasteiger partial charge in [-0.15, -0.1) is 0 Å². The third-order valence-electron chi connectivity index (χ3n) is 9.04. The van der Waals surface area contributed by atoms with E-state index >= 15 is 0 Å². The van der Waals surface area contributed by atoms with Crippen molar-refractivity contribution in [2.24, 2.45) is 11.8 Å². The number of hydrogen-bond donors (Lipinski definition) is 3. The predicted molar refractivity (Wildman–Crippen MR) is 160 cm³/mol. The second-order valence-electron chi connectivity index (χ2n) is 12.0. The molecule has 3 aromatic rings. The number of hydrogen-bond acceptors (Lipinski definition) is 2. The van der Waals surface area contributed by atoms with Gasteiger partial charge in [-0.3, -0.25) is 4.79 Å². The molecule has 40 heavy (non-hydrogen) atoms. The van der Waals surface area contributed by atoms with Crippen LogP contribution in [0.3, 0.4) is 0 Å². The van der Waals surface area contributed by atoms with Gasteiger partial charge in [0.05, 0.1) is 0 Å². The molecule has 5 rings (SSSR count). The molecule has 1 amide bonds. The first kappa shape index (κ1) is 29.1. The van der Waals surface area contributed by atoms with Gasteiger partial charge in [0.1, 0.15) is 0 Å². The first-order chi connectivity index (χ1) is 19.3. The fourth-order valence-electron chi connectivity index (χ4n) is 6.84. The topological polar surface area (TPSA) is 94.8 Å². The van der Waals surface area contributed by atoms with Crippen molar-refractivity contribution < 1.29 is 19.1 Å². The van der Waals surface area contributed by atoms with Crippen molar-refractivity contribution in [3.8, 4) is 0 Å². The average Bonchev–Trinajstić information content (AvgIpc) is 3.30. The van der Waals surface area contributed by atoms with E-state index in [1.807, 2.05) is 4.90 Å². The Labute approximate surface area is 238 Å². The van der Waals surface area contributed by atoms with Crippen molar-refractivity contribution in [3.05, 3.63) is 71.4 Å². The summed E-state index contributed by atoms with van der Waals surface area (Å²) in [5.74, 6) is 1.25. The van der Waals surface area contributed by atoms with Crippen LogP contribution in [0.5, 0.6) is 0 Å². The third-order valence-corrected chi connectivity index (χ3v) is 9.67. The van der Waals surface area contributed by atoms with Gasteiger partial charge in [0.25, 0.3) is 0 Å². The number of piperidine rings is 1. The predicted octanol–water partition coefficient (Wildman–Crippen LogP) is 6.36. The van der Waals surface area contributed by atoms with E-state index in [1.54, 1.807) is 0 Å². The Morgan fingerprint density at radius 1 is 1.00 bits per heavy atom. The maximum absolute atomic E-state index is 13.8. The number of likely N-dealkylation sites (tertiary alicyclic amines) is 1. The van der Waals surface area contributed by atoms with Crippen LogP contribution in [0, 0.1) is 18.8 Å². The van der Waals surface area contributed by atoms with Crippen LogP contribution in [-0.2, 0) is 15.9 Å². The number of para-hydroxylation sites is 1. The Hall–Kier alpha value is -2.44. The summed E-state index contributed by atoms with van der Waals surface area (Å²) in [6, 6.07) is 17.3. The van der Waals surface area contributed by atoms with Gasteiger partial charge in [-0.05, 0) is 68.1 Å². The van der Waals surface area contributed by atoms with Crippen LogP contribution < -0.4 is 5.09 Å². The van der Waals surface area contributed by atoms with Crippen LogP contribution in [0.4, 0.5) is 0 Å². The van der Waals surface area contributed by atoms with Crippen molar-refractivity contribution >= 4 is 24.6 Å². The van der Waals surface area contributed by atoms with E-state index in [4.69, 9.17) is 9.79 Å². The van der Waals surface area contributed by atoms with E-state index < -0.39 is 7.75 Å². The number of carbonyl (C=O) groups is 1. The summed E-state index contributed by atoms with van der Waals surface area (Å²) < 4.78 is 13.5. The summed E-state index contributed by atoms with van der Waals surface area (Å²) in [7, 11) is -4.18. The summed E-state index contributed by atoms with van der Waals surface area (Å²) in [6.07, 6.45) is 11.8. The Morgan fingerprint density at radius 2 is 1.75 bits per heavy atom. The van der Waals surface area contributed by atoms with Crippen molar-refractivity contribution in [3.63, 3.8) is 0 Å². The normalized spacial score (nSPS) is 18.3. The molecule has 7 nitrogen and oxygen atoms in total. The highest BCUT2D eigenvalue weighted by Crippen LogP contribution is 2.37. The van der Waals surface area contributed by atoms with Gasteiger partial charge in [0.15, 0.2) is 0 Å². The van der Waals surface area contributed by atoms with E-state index in [1.165, 1.54) is 59.7 Å². The number of nitrogens with zero attached hydrogens (tertiary/aromatic N) is 2. The highest BCUT2D eigenvalue weighted by molar-refractivity contribution is 7.49. The van der Waals surface area contributed by atoms with E-state index in [-0.39, 0.29) is 11.8 Å². The van der Waals surface area contributed by atoms with Crippen LogP contribution in [0.1, 0.15) is 80.4 Å². The van der Waals surface area contributed by atoms with Gasteiger partial charge < -0.3 is 19.3 Å². The lowest BCUT2D eigenvalue weighted by Gasteiger charge is -2.33. The largest absolute Gasteiger partial charge is 0.400 e. The minimum Gasteiger partial charge on any atom is -0.347 e. The molecule has 1 atom stereocenters. The highest BCUT2D eigenvalue weighted by Gasteiger charge is 2.28. The molecule has 2 aliphatic rings. The van der Waals surface area contributed by atoms with Crippen molar-refractivity contribution in [2.45, 2.75) is 77.2 Å². The fourth-order valence-corrected chi connectivity index (χ4v) is 7.26. The molecule has 1 unspecified atom stereocenters. The van der Waals surface area contributed by atoms with Gasteiger partial charge in [0, 0.05) is 55.6 Å². The summed E-state index contributed by atoms with van der Waals surface area (Å²) >= 11 is 0. The molecular formula is C32H44N3O4P. The Bertz CT molecular complexity index is 1330. The third kappa shape index (κ3) is 7.44. The Morgan fingerprint density at radius 3 is 2.48 bits per heavy atom. The van der Waals surface area contributed by atoms with Gasteiger partial charge in [0.2, 0.25) is 5.91 Å². The number of amides is 1. The molecule has 1 aliphatic carbocycles. The van der Waals surface area contributed by atoms with Crippen LogP contribution in [-0.4, -0.2) is 44.8 Å². The molecule has 1 saturated carbocycles. The highest BCUT2D eigenvalue weighted by atomic mass is 31.2. The number of benzene rings is 2. The molecule has 1 saturated heterocycles. The zero-order valence-corrected chi connectivity index (χ0v) is 24.6. The number of fused-ring (bicyclic) bond motifs is 1. The zero-order chi connectivity index (χ0) is 28.1. The molecule has 0 bridgehead atoms. The molecule has 2 aromatic carbocycles. The van der Waals surface area contributed by atoms with Crippen LogP contribution in [0.25, 0.3) is 10.9 Å². The SMILES string of the molecule is Cc1cccc(C(CC(=O)N2CCC(CCNP(=O)(O)O)CC2)c2cn(CC3CCCCC3)c3ccccc23)c1. The number of carbonyl (C=O) groups excluding carboxylic acids is 1. The summed E-state index contributed by atoms with van der Waals surface area (Å²) in [6.45, 7) is 4.84. The summed E-state index contributed by atoms with van der Waals surface area (Å²) in [5, 5.41) is 3.54. The number of nitrogens with one attached hydrogen (secondary N) is 1. The monoisotopic (exact) mass is 565 g/mol. The molecule has 8 heteroatoms. The number of aromatic nitrogens is 1. The molecule has 216 valence electrons. The molecule has 3 N–H and O–H groups in total. The lowest BCUT2D eigenvalue weighted by atomic mass is 9.86. The maximum Gasteiger partial charge on any atom is 0.400 e. The second kappa shape index (κ2) is 13.0. The van der Waals surface area contributed by atoms with Gasteiger partial charge in [-0.1, -0.05) is 67.3 Å². The molecule has 0 radical (unpaired) electrons. The molecule has 2 fully saturated rings. The minimum absolute atomic E-state index is 0.0184. The second-order valence-corrected chi connectivity index (χ2v) is 13.4. The molecule has 0 spiro atoms. The number of aryl methyl sites for hydroxylation is 1.